The van der Waals surface area contributed by atoms with E-state index in [9.17, 15) is 9.59 Å². The van der Waals surface area contributed by atoms with Crippen LogP contribution in [0.3, 0.4) is 0 Å². The molecule has 0 radical (unpaired) electrons. The van der Waals surface area contributed by atoms with Crippen LogP contribution in [0.1, 0.15) is 16.9 Å². The van der Waals surface area contributed by atoms with Gasteiger partial charge in [-0.2, -0.15) is 11.8 Å². The molecular weight excluding hydrogens is 242 g/mol. The molecule has 1 rings (SSSR count). The smallest absolute Gasteiger partial charge is 0.326 e. The van der Waals surface area contributed by atoms with Crippen molar-refractivity contribution in [3.05, 3.63) is 18.2 Å². The molecular formula is C10H15N3O3S. The monoisotopic (exact) mass is 257 g/mol. The summed E-state index contributed by atoms with van der Waals surface area (Å²) in [6, 6.07) is -0.857. The van der Waals surface area contributed by atoms with Crippen molar-refractivity contribution >= 4 is 23.6 Å². The van der Waals surface area contributed by atoms with Gasteiger partial charge < -0.3 is 15.0 Å². The Balaban J connectivity index is 2.64. The number of rotatable bonds is 6. The van der Waals surface area contributed by atoms with Gasteiger partial charge in [0.1, 0.15) is 11.7 Å². The van der Waals surface area contributed by atoms with Crippen molar-refractivity contribution in [3.8, 4) is 0 Å². The minimum absolute atomic E-state index is 0.348. The summed E-state index contributed by atoms with van der Waals surface area (Å²) in [5.41, 5.74) is 0.348. The molecule has 0 aliphatic heterocycles. The van der Waals surface area contributed by atoms with Gasteiger partial charge in [-0.15, -0.1) is 0 Å². The molecule has 1 atom stereocenters. The standard InChI is InChI=1S/C10H15N3O3S/c1-13-6-11-5-8(13)9(14)12-7(10(15)16)3-4-17-2/h5-7H,3-4H2,1-2H3,(H,12,14)(H,15,16)/t7-/m0/s1. The highest BCUT2D eigenvalue weighted by atomic mass is 32.2. The van der Waals surface area contributed by atoms with E-state index < -0.39 is 17.9 Å². The summed E-state index contributed by atoms with van der Waals surface area (Å²) in [6.45, 7) is 0. The minimum Gasteiger partial charge on any atom is -0.480 e. The fraction of sp³-hybridized carbons (Fsp3) is 0.500. The lowest BCUT2D eigenvalue weighted by Crippen LogP contribution is -2.41. The molecule has 0 aliphatic carbocycles. The van der Waals surface area contributed by atoms with Gasteiger partial charge in [0.15, 0.2) is 0 Å². The number of aliphatic carboxylic acids is 1. The van der Waals surface area contributed by atoms with Crippen LogP contribution >= 0.6 is 11.8 Å². The van der Waals surface area contributed by atoms with Crippen LogP contribution < -0.4 is 5.32 Å². The Kier molecular flexibility index (Phi) is 5.02. The largest absolute Gasteiger partial charge is 0.480 e. The Morgan fingerprint density at radius 1 is 1.65 bits per heavy atom. The summed E-state index contributed by atoms with van der Waals surface area (Å²) in [4.78, 5) is 26.5. The molecule has 6 nitrogen and oxygen atoms in total. The third-order valence-electron chi connectivity index (χ3n) is 2.26. The maximum Gasteiger partial charge on any atom is 0.326 e. The molecule has 94 valence electrons. The second kappa shape index (κ2) is 6.29. The van der Waals surface area contributed by atoms with Gasteiger partial charge in [-0.1, -0.05) is 0 Å². The summed E-state index contributed by atoms with van der Waals surface area (Å²) in [5.74, 6) is -0.754. The Morgan fingerprint density at radius 2 is 2.35 bits per heavy atom. The van der Waals surface area contributed by atoms with Crippen molar-refractivity contribution in [1.82, 2.24) is 14.9 Å². The predicted molar refractivity (Wildman–Crippen MR) is 65.1 cm³/mol. The van der Waals surface area contributed by atoms with Crippen LogP contribution in [-0.4, -0.2) is 44.6 Å². The zero-order chi connectivity index (χ0) is 12.8. The van der Waals surface area contributed by atoms with Gasteiger partial charge in [0, 0.05) is 7.05 Å². The first kappa shape index (κ1) is 13.6. The highest BCUT2D eigenvalue weighted by molar-refractivity contribution is 7.98. The van der Waals surface area contributed by atoms with Crippen LogP contribution in [0.15, 0.2) is 12.5 Å². The van der Waals surface area contributed by atoms with Crippen molar-refractivity contribution in [3.63, 3.8) is 0 Å². The molecule has 0 unspecified atom stereocenters. The number of carbonyl (C=O) groups is 2. The van der Waals surface area contributed by atoms with E-state index in [1.54, 1.807) is 23.4 Å². The Morgan fingerprint density at radius 3 is 2.82 bits per heavy atom. The van der Waals surface area contributed by atoms with E-state index >= 15 is 0 Å². The average Bonchev–Trinajstić information content (AvgIpc) is 2.70. The van der Waals surface area contributed by atoms with Gasteiger partial charge in [-0.3, -0.25) is 4.79 Å². The number of nitrogens with zero attached hydrogens (tertiary/aromatic N) is 2. The minimum atomic E-state index is -1.02. The number of carbonyl (C=O) groups excluding carboxylic acids is 1. The van der Waals surface area contributed by atoms with Crippen LogP contribution in [0.2, 0.25) is 0 Å². The van der Waals surface area contributed by atoms with Crippen LogP contribution in [0.4, 0.5) is 0 Å². The number of hydrogen-bond donors (Lipinski definition) is 2. The fourth-order valence-electron chi connectivity index (χ4n) is 1.30. The molecule has 0 aromatic carbocycles. The highest BCUT2D eigenvalue weighted by Gasteiger charge is 2.21. The summed E-state index contributed by atoms with van der Waals surface area (Å²) < 4.78 is 1.54. The second-order valence-electron chi connectivity index (χ2n) is 3.54. The maximum absolute atomic E-state index is 11.8. The van der Waals surface area contributed by atoms with Gasteiger partial charge in [-0.25, -0.2) is 9.78 Å². The van der Waals surface area contributed by atoms with Crippen molar-refractivity contribution in [1.29, 1.82) is 0 Å². The molecule has 0 bridgehead atoms. The number of imidazole rings is 1. The molecule has 1 aromatic heterocycles. The Labute approximate surface area is 103 Å². The van der Waals surface area contributed by atoms with E-state index in [0.29, 0.717) is 17.9 Å². The molecule has 0 spiro atoms. The maximum atomic E-state index is 11.8. The molecule has 1 heterocycles. The molecule has 0 aliphatic rings. The number of amides is 1. The van der Waals surface area contributed by atoms with Crippen molar-refractivity contribution < 1.29 is 14.7 Å². The van der Waals surface area contributed by atoms with Gasteiger partial charge in [0.25, 0.3) is 5.91 Å². The summed E-state index contributed by atoms with van der Waals surface area (Å²) in [5, 5.41) is 11.5. The number of aromatic nitrogens is 2. The number of carboxylic acids is 1. The van der Waals surface area contributed by atoms with Crippen LogP contribution in [-0.2, 0) is 11.8 Å². The van der Waals surface area contributed by atoms with Gasteiger partial charge in [0.05, 0.1) is 12.5 Å². The average molecular weight is 257 g/mol. The highest BCUT2D eigenvalue weighted by Crippen LogP contribution is 2.03. The molecule has 0 fully saturated rings. The van der Waals surface area contributed by atoms with E-state index in [4.69, 9.17) is 5.11 Å². The SMILES string of the molecule is CSCC[C@H](NC(=O)c1cncn1C)C(=O)O. The Bertz CT molecular complexity index is 405. The Hall–Kier alpha value is -1.50. The number of nitrogens with one attached hydrogen (secondary N) is 1. The zero-order valence-electron chi connectivity index (χ0n) is 9.71. The molecule has 2 N–H and O–H groups in total. The molecule has 0 saturated heterocycles. The number of carboxylic acid groups (broad SMARTS) is 1. The summed E-state index contributed by atoms with van der Waals surface area (Å²) >= 11 is 1.54. The van der Waals surface area contributed by atoms with Gasteiger partial charge in [0.2, 0.25) is 0 Å². The lowest BCUT2D eigenvalue weighted by molar-refractivity contribution is -0.139. The first-order chi connectivity index (χ1) is 8.06. The van der Waals surface area contributed by atoms with Crippen molar-refractivity contribution in [2.45, 2.75) is 12.5 Å². The van der Waals surface area contributed by atoms with E-state index in [1.807, 2.05) is 6.26 Å². The lowest BCUT2D eigenvalue weighted by Gasteiger charge is -2.13. The first-order valence-electron chi connectivity index (χ1n) is 5.05. The number of hydrogen-bond acceptors (Lipinski definition) is 4. The molecule has 0 saturated carbocycles. The van der Waals surface area contributed by atoms with Gasteiger partial charge >= 0.3 is 5.97 Å². The number of aryl methyl sites for hydroxylation is 1. The second-order valence-corrected chi connectivity index (χ2v) is 4.52. The summed E-state index contributed by atoms with van der Waals surface area (Å²) in [6.07, 6.45) is 5.19. The van der Waals surface area contributed by atoms with Crippen LogP contribution in [0.5, 0.6) is 0 Å². The zero-order valence-corrected chi connectivity index (χ0v) is 10.5. The van der Waals surface area contributed by atoms with E-state index in [2.05, 4.69) is 10.3 Å². The molecule has 17 heavy (non-hydrogen) atoms. The van der Waals surface area contributed by atoms with Crippen molar-refractivity contribution in [2.75, 3.05) is 12.0 Å². The van der Waals surface area contributed by atoms with E-state index in [-0.39, 0.29) is 0 Å². The quantitative estimate of drug-likeness (QED) is 0.768. The van der Waals surface area contributed by atoms with Crippen LogP contribution in [0, 0.1) is 0 Å². The van der Waals surface area contributed by atoms with E-state index in [1.165, 1.54) is 12.5 Å². The lowest BCUT2D eigenvalue weighted by atomic mass is 10.2. The molecule has 1 amide bonds. The van der Waals surface area contributed by atoms with E-state index in [0.717, 1.165) is 0 Å². The van der Waals surface area contributed by atoms with Crippen LogP contribution in [0.25, 0.3) is 0 Å². The fourth-order valence-corrected chi connectivity index (χ4v) is 1.77. The topological polar surface area (TPSA) is 84.2 Å². The summed E-state index contributed by atoms with van der Waals surface area (Å²) in [7, 11) is 1.68. The molecule has 1 aromatic rings. The first-order valence-corrected chi connectivity index (χ1v) is 6.44. The third kappa shape index (κ3) is 3.77. The normalized spacial score (nSPS) is 12.1. The third-order valence-corrected chi connectivity index (χ3v) is 2.91. The molecule has 7 heteroatoms. The van der Waals surface area contributed by atoms with Crippen molar-refractivity contribution in [2.24, 2.45) is 7.05 Å². The predicted octanol–water partition coefficient (Wildman–Crippen LogP) is 0.356. The van der Waals surface area contributed by atoms with Gasteiger partial charge in [-0.05, 0) is 18.4 Å². The number of thioether (sulfide) groups is 1.